The standard InChI is InChI=1S/C18H18ClN3O/c1-3-23-18-17(15-5-4-6-16(19)10-15)9-14(11-20-18)12-22-13(2)7-8-21-22/h4-11H,3,12H2,1-2H3. The summed E-state index contributed by atoms with van der Waals surface area (Å²) in [7, 11) is 0. The number of aryl methyl sites for hydroxylation is 1. The van der Waals surface area contributed by atoms with E-state index in [0.29, 0.717) is 24.1 Å². The van der Waals surface area contributed by atoms with Gasteiger partial charge in [-0.05, 0) is 49.2 Å². The zero-order chi connectivity index (χ0) is 16.2. The predicted molar refractivity (Wildman–Crippen MR) is 91.9 cm³/mol. The molecule has 3 aromatic rings. The lowest BCUT2D eigenvalue weighted by atomic mass is 10.1. The molecule has 0 radical (unpaired) electrons. The van der Waals surface area contributed by atoms with Gasteiger partial charge in [-0.2, -0.15) is 5.10 Å². The number of rotatable bonds is 5. The van der Waals surface area contributed by atoms with Crippen LogP contribution in [-0.4, -0.2) is 21.4 Å². The maximum absolute atomic E-state index is 6.12. The van der Waals surface area contributed by atoms with Crippen LogP contribution in [0.5, 0.6) is 5.88 Å². The lowest BCUT2D eigenvalue weighted by molar-refractivity contribution is 0.328. The van der Waals surface area contributed by atoms with Crippen LogP contribution in [0, 0.1) is 6.92 Å². The van der Waals surface area contributed by atoms with E-state index in [-0.39, 0.29) is 0 Å². The first-order valence-electron chi connectivity index (χ1n) is 7.53. The molecule has 0 bridgehead atoms. The van der Waals surface area contributed by atoms with Gasteiger partial charge in [0, 0.05) is 28.7 Å². The van der Waals surface area contributed by atoms with Gasteiger partial charge in [0.25, 0.3) is 0 Å². The molecule has 0 aliphatic carbocycles. The van der Waals surface area contributed by atoms with Crippen molar-refractivity contribution in [3.8, 4) is 17.0 Å². The normalized spacial score (nSPS) is 10.7. The molecule has 0 atom stereocenters. The molecule has 1 aromatic carbocycles. The van der Waals surface area contributed by atoms with Gasteiger partial charge in [-0.1, -0.05) is 23.7 Å². The fourth-order valence-electron chi connectivity index (χ4n) is 2.43. The predicted octanol–water partition coefficient (Wildman–Crippen LogP) is 4.35. The Morgan fingerprint density at radius 2 is 2.09 bits per heavy atom. The first-order valence-corrected chi connectivity index (χ1v) is 7.91. The van der Waals surface area contributed by atoms with E-state index in [0.717, 1.165) is 22.4 Å². The minimum absolute atomic E-state index is 0.568. The summed E-state index contributed by atoms with van der Waals surface area (Å²) >= 11 is 6.12. The van der Waals surface area contributed by atoms with Gasteiger partial charge in [0.05, 0.1) is 13.2 Å². The van der Waals surface area contributed by atoms with Crippen molar-refractivity contribution in [1.29, 1.82) is 0 Å². The molecular weight excluding hydrogens is 310 g/mol. The van der Waals surface area contributed by atoms with E-state index in [4.69, 9.17) is 16.3 Å². The average molecular weight is 328 g/mol. The molecule has 23 heavy (non-hydrogen) atoms. The molecule has 0 spiro atoms. The van der Waals surface area contributed by atoms with Crippen molar-refractivity contribution in [3.05, 3.63) is 65.1 Å². The highest BCUT2D eigenvalue weighted by atomic mass is 35.5. The molecule has 0 aliphatic rings. The third kappa shape index (κ3) is 3.54. The molecular formula is C18H18ClN3O. The monoisotopic (exact) mass is 327 g/mol. The number of nitrogens with zero attached hydrogens (tertiary/aromatic N) is 3. The third-order valence-corrected chi connectivity index (χ3v) is 3.82. The summed E-state index contributed by atoms with van der Waals surface area (Å²) < 4.78 is 7.61. The van der Waals surface area contributed by atoms with Gasteiger partial charge in [-0.25, -0.2) is 4.98 Å². The average Bonchev–Trinajstić information content (AvgIpc) is 2.94. The number of hydrogen-bond donors (Lipinski definition) is 0. The van der Waals surface area contributed by atoms with Crippen molar-refractivity contribution in [2.45, 2.75) is 20.4 Å². The van der Waals surface area contributed by atoms with Gasteiger partial charge in [0.1, 0.15) is 0 Å². The minimum Gasteiger partial charge on any atom is -0.478 e. The molecule has 4 nitrogen and oxygen atoms in total. The quantitative estimate of drug-likeness (QED) is 0.699. The molecule has 0 N–H and O–H groups in total. The molecule has 0 fully saturated rings. The van der Waals surface area contributed by atoms with Crippen LogP contribution in [0.2, 0.25) is 5.02 Å². The maximum atomic E-state index is 6.12. The Labute approximate surface area is 140 Å². The molecule has 0 amide bonds. The molecule has 118 valence electrons. The molecule has 0 saturated carbocycles. The number of aromatic nitrogens is 3. The molecule has 2 heterocycles. The molecule has 2 aromatic heterocycles. The molecule has 0 aliphatic heterocycles. The third-order valence-electron chi connectivity index (χ3n) is 3.59. The zero-order valence-electron chi connectivity index (χ0n) is 13.2. The van der Waals surface area contributed by atoms with Crippen molar-refractivity contribution in [2.24, 2.45) is 0 Å². The molecule has 3 rings (SSSR count). The number of pyridine rings is 1. The summed E-state index contributed by atoms with van der Waals surface area (Å²) in [5.74, 6) is 0.621. The second-order valence-electron chi connectivity index (χ2n) is 5.27. The summed E-state index contributed by atoms with van der Waals surface area (Å²) in [5, 5.41) is 5.02. The first kappa shape index (κ1) is 15.6. The Morgan fingerprint density at radius 1 is 1.22 bits per heavy atom. The molecule has 5 heteroatoms. The fourth-order valence-corrected chi connectivity index (χ4v) is 2.62. The smallest absolute Gasteiger partial charge is 0.221 e. The lowest BCUT2D eigenvalue weighted by Crippen LogP contribution is -2.05. The Hall–Kier alpha value is -2.33. The Balaban J connectivity index is 2.01. The SMILES string of the molecule is CCOc1ncc(Cn2nccc2C)cc1-c1cccc(Cl)c1. The minimum atomic E-state index is 0.568. The summed E-state index contributed by atoms with van der Waals surface area (Å²) in [6.45, 7) is 5.22. The van der Waals surface area contributed by atoms with Crippen molar-refractivity contribution in [3.63, 3.8) is 0 Å². The number of ether oxygens (including phenoxy) is 1. The van der Waals surface area contributed by atoms with Gasteiger partial charge < -0.3 is 4.74 Å². The fraction of sp³-hybridized carbons (Fsp3) is 0.222. The van der Waals surface area contributed by atoms with E-state index < -0.39 is 0 Å². The summed E-state index contributed by atoms with van der Waals surface area (Å²) in [6, 6.07) is 11.8. The van der Waals surface area contributed by atoms with Crippen LogP contribution in [-0.2, 0) is 6.54 Å². The van der Waals surface area contributed by atoms with E-state index in [1.165, 1.54) is 0 Å². The van der Waals surface area contributed by atoms with E-state index in [9.17, 15) is 0 Å². The van der Waals surface area contributed by atoms with E-state index >= 15 is 0 Å². The van der Waals surface area contributed by atoms with Gasteiger partial charge in [-0.15, -0.1) is 0 Å². The highest BCUT2D eigenvalue weighted by Crippen LogP contribution is 2.31. The number of halogens is 1. The Morgan fingerprint density at radius 3 is 2.78 bits per heavy atom. The zero-order valence-corrected chi connectivity index (χ0v) is 13.9. The van der Waals surface area contributed by atoms with E-state index in [2.05, 4.69) is 16.1 Å². The summed E-state index contributed by atoms with van der Waals surface area (Å²) in [4.78, 5) is 4.48. The second kappa shape index (κ2) is 6.84. The van der Waals surface area contributed by atoms with E-state index in [1.807, 2.05) is 55.1 Å². The van der Waals surface area contributed by atoms with Gasteiger partial charge >= 0.3 is 0 Å². The number of benzene rings is 1. The highest BCUT2D eigenvalue weighted by molar-refractivity contribution is 6.30. The van der Waals surface area contributed by atoms with Gasteiger partial charge in [-0.3, -0.25) is 4.68 Å². The van der Waals surface area contributed by atoms with Crippen molar-refractivity contribution in [1.82, 2.24) is 14.8 Å². The van der Waals surface area contributed by atoms with E-state index in [1.54, 1.807) is 6.20 Å². The first-order chi connectivity index (χ1) is 11.2. The highest BCUT2D eigenvalue weighted by Gasteiger charge is 2.11. The van der Waals surface area contributed by atoms with Crippen LogP contribution < -0.4 is 4.74 Å². The van der Waals surface area contributed by atoms with Crippen LogP contribution in [0.15, 0.2) is 48.8 Å². The van der Waals surface area contributed by atoms with Crippen molar-refractivity contribution in [2.75, 3.05) is 6.61 Å². The Bertz CT molecular complexity index is 814. The van der Waals surface area contributed by atoms with Crippen LogP contribution in [0.4, 0.5) is 0 Å². The van der Waals surface area contributed by atoms with Crippen LogP contribution in [0.25, 0.3) is 11.1 Å². The van der Waals surface area contributed by atoms with Crippen molar-refractivity contribution >= 4 is 11.6 Å². The topological polar surface area (TPSA) is 39.9 Å². The van der Waals surface area contributed by atoms with Gasteiger partial charge in [0.2, 0.25) is 5.88 Å². The molecule has 0 saturated heterocycles. The molecule has 0 unspecified atom stereocenters. The van der Waals surface area contributed by atoms with Crippen LogP contribution in [0.3, 0.4) is 0 Å². The summed E-state index contributed by atoms with van der Waals surface area (Å²) in [5.41, 5.74) is 4.11. The maximum Gasteiger partial charge on any atom is 0.221 e. The van der Waals surface area contributed by atoms with Crippen molar-refractivity contribution < 1.29 is 4.74 Å². The number of hydrogen-bond acceptors (Lipinski definition) is 3. The lowest BCUT2D eigenvalue weighted by Gasteiger charge is -2.12. The van der Waals surface area contributed by atoms with Crippen LogP contribution >= 0.6 is 11.6 Å². The second-order valence-corrected chi connectivity index (χ2v) is 5.71. The Kier molecular flexibility index (Phi) is 4.63. The largest absolute Gasteiger partial charge is 0.478 e. The van der Waals surface area contributed by atoms with Crippen LogP contribution in [0.1, 0.15) is 18.2 Å². The summed E-state index contributed by atoms with van der Waals surface area (Å²) in [6.07, 6.45) is 3.63. The van der Waals surface area contributed by atoms with Gasteiger partial charge in [0.15, 0.2) is 0 Å².